The largest absolute Gasteiger partial charge is 0.378 e. The molecule has 1 aromatic carbocycles. The highest BCUT2D eigenvalue weighted by molar-refractivity contribution is 5.95. The van der Waals surface area contributed by atoms with E-state index in [1.807, 2.05) is 37.2 Å². The minimum Gasteiger partial charge on any atom is -0.378 e. The third-order valence-corrected chi connectivity index (χ3v) is 3.76. The SMILES string of the molecule is CN(C)c1cccc(C(=O)NCCc2cn3cc(F)ccc3n2)c1. The van der Waals surface area contributed by atoms with Gasteiger partial charge in [0.15, 0.2) is 0 Å². The molecule has 0 atom stereocenters. The van der Waals surface area contributed by atoms with Crippen LogP contribution in [0.15, 0.2) is 48.8 Å². The van der Waals surface area contributed by atoms with Gasteiger partial charge in [0.05, 0.1) is 5.69 Å². The van der Waals surface area contributed by atoms with Crippen LogP contribution in [0.4, 0.5) is 10.1 Å². The first kappa shape index (κ1) is 16.0. The summed E-state index contributed by atoms with van der Waals surface area (Å²) >= 11 is 0. The second-order valence-corrected chi connectivity index (χ2v) is 5.80. The number of nitrogens with zero attached hydrogens (tertiary/aromatic N) is 3. The van der Waals surface area contributed by atoms with Crippen molar-refractivity contribution in [3.05, 3.63) is 65.9 Å². The predicted octanol–water partition coefficient (Wildman–Crippen LogP) is 2.51. The maximum Gasteiger partial charge on any atom is 0.251 e. The second kappa shape index (κ2) is 6.70. The maximum absolute atomic E-state index is 13.2. The molecule has 0 saturated heterocycles. The molecule has 1 N–H and O–H groups in total. The average Bonchev–Trinajstić information content (AvgIpc) is 2.96. The molecule has 2 aromatic heterocycles. The van der Waals surface area contributed by atoms with Gasteiger partial charge in [-0.05, 0) is 30.3 Å². The highest BCUT2D eigenvalue weighted by Gasteiger charge is 2.08. The van der Waals surface area contributed by atoms with Gasteiger partial charge in [0, 0.05) is 50.7 Å². The van der Waals surface area contributed by atoms with Crippen LogP contribution in [0.1, 0.15) is 16.1 Å². The number of benzene rings is 1. The summed E-state index contributed by atoms with van der Waals surface area (Å²) in [6, 6.07) is 10.5. The maximum atomic E-state index is 13.2. The number of rotatable bonds is 5. The molecule has 3 aromatic rings. The van der Waals surface area contributed by atoms with Crippen molar-refractivity contribution in [2.75, 3.05) is 25.5 Å². The van der Waals surface area contributed by atoms with Crippen molar-refractivity contribution in [2.45, 2.75) is 6.42 Å². The molecular formula is C18H19FN4O. The van der Waals surface area contributed by atoms with E-state index in [4.69, 9.17) is 0 Å². The van der Waals surface area contributed by atoms with E-state index in [0.717, 1.165) is 11.4 Å². The summed E-state index contributed by atoms with van der Waals surface area (Å²) in [5.74, 6) is -0.422. The minimum absolute atomic E-state index is 0.117. The van der Waals surface area contributed by atoms with Crippen molar-refractivity contribution in [2.24, 2.45) is 0 Å². The standard InChI is InChI=1S/C18H19FN4O/c1-22(2)16-5-3-4-13(10-16)18(24)20-9-8-15-12-23-11-14(19)6-7-17(23)21-15/h3-7,10-12H,8-9H2,1-2H3,(H,20,24). The third kappa shape index (κ3) is 3.53. The van der Waals surface area contributed by atoms with Crippen LogP contribution in [0.5, 0.6) is 0 Å². The summed E-state index contributed by atoms with van der Waals surface area (Å²) in [5, 5.41) is 2.89. The average molecular weight is 326 g/mol. The van der Waals surface area contributed by atoms with Crippen LogP contribution in [0, 0.1) is 5.82 Å². The first-order valence-corrected chi connectivity index (χ1v) is 7.71. The molecule has 0 unspecified atom stereocenters. The van der Waals surface area contributed by atoms with Gasteiger partial charge in [-0.1, -0.05) is 6.07 Å². The Kier molecular flexibility index (Phi) is 4.46. The number of carbonyl (C=O) groups is 1. The van der Waals surface area contributed by atoms with Gasteiger partial charge in [0.25, 0.3) is 5.91 Å². The smallest absolute Gasteiger partial charge is 0.251 e. The Morgan fingerprint density at radius 2 is 2.08 bits per heavy atom. The summed E-state index contributed by atoms with van der Waals surface area (Å²) in [4.78, 5) is 18.6. The second-order valence-electron chi connectivity index (χ2n) is 5.80. The van der Waals surface area contributed by atoms with E-state index >= 15 is 0 Å². The molecule has 0 spiro atoms. The lowest BCUT2D eigenvalue weighted by Crippen LogP contribution is -2.26. The Morgan fingerprint density at radius 1 is 1.25 bits per heavy atom. The molecule has 124 valence electrons. The van der Waals surface area contributed by atoms with Crippen molar-refractivity contribution in [1.82, 2.24) is 14.7 Å². The third-order valence-electron chi connectivity index (χ3n) is 3.76. The van der Waals surface area contributed by atoms with E-state index in [2.05, 4.69) is 10.3 Å². The van der Waals surface area contributed by atoms with E-state index in [1.54, 1.807) is 22.7 Å². The van der Waals surface area contributed by atoms with Gasteiger partial charge in [0.2, 0.25) is 0 Å². The van der Waals surface area contributed by atoms with E-state index < -0.39 is 0 Å². The topological polar surface area (TPSA) is 49.6 Å². The summed E-state index contributed by atoms with van der Waals surface area (Å²) in [6.45, 7) is 0.470. The van der Waals surface area contributed by atoms with Gasteiger partial charge < -0.3 is 14.6 Å². The lowest BCUT2D eigenvalue weighted by atomic mass is 10.2. The minimum atomic E-state index is -0.305. The molecule has 6 heteroatoms. The normalized spacial score (nSPS) is 10.8. The van der Waals surface area contributed by atoms with Crippen LogP contribution in [0.2, 0.25) is 0 Å². The van der Waals surface area contributed by atoms with Crippen LogP contribution in [0.25, 0.3) is 5.65 Å². The van der Waals surface area contributed by atoms with Gasteiger partial charge >= 0.3 is 0 Å². The Bertz CT molecular complexity index is 872. The molecule has 0 aliphatic heterocycles. The first-order chi connectivity index (χ1) is 11.5. The van der Waals surface area contributed by atoms with E-state index in [0.29, 0.717) is 24.2 Å². The number of fused-ring (bicyclic) bond motifs is 1. The number of imidazole rings is 1. The summed E-state index contributed by atoms with van der Waals surface area (Å²) in [6.07, 6.45) is 3.75. The van der Waals surface area contributed by atoms with Crippen molar-refractivity contribution >= 4 is 17.2 Å². The van der Waals surface area contributed by atoms with Crippen LogP contribution >= 0.6 is 0 Å². The fraction of sp³-hybridized carbons (Fsp3) is 0.222. The monoisotopic (exact) mass is 326 g/mol. The van der Waals surface area contributed by atoms with Gasteiger partial charge in [-0.3, -0.25) is 4.79 Å². The molecule has 0 radical (unpaired) electrons. The van der Waals surface area contributed by atoms with Crippen LogP contribution < -0.4 is 10.2 Å². The number of nitrogens with one attached hydrogen (secondary N) is 1. The van der Waals surface area contributed by atoms with Crippen molar-refractivity contribution in [3.63, 3.8) is 0 Å². The van der Waals surface area contributed by atoms with Crippen LogP contribution in [-0.2, 0) is 6.42 Å². The molecule has 2 heterocycles. The van der Waals surface area contributed by atoms with Gasteiger partial charge in [0.1, 0.15) is 11.5 Å². The molecule has 0 saturated carbocycles. The lowest BCUT2D eigenvalue weighted by Gasteiger charge is -2.13. The zero-order valence-electron chi connectivity index (χ0n) is 13.7. The van der Waals surface area contributed by atoms with E-state index in [1.165, 1.54) is 12.3 Å². The van der Waals surface area contributed by atoms with Crippen molar-refractivity contribution in [1.29, 1.82) is 0 Å². The highest BCUT2D eigenvalue weighted by atomic mass is 19.1. The summed E-state index contributed by atoms with van der Waals surface area (Å²) in [7, 11) is 3.87. The molecule has 1 amide bonds. The highest BCUT2D eigenvalue weighted by Crippen LogP contribution is 2.13. The first-order valence-electron chi connectivity index (χ1n) is 7.71. The quantitative estimate of drug-likeness (QED) is 0.784. The van der Waals surface area contributed by atoms with E-state index in [9.17, 15) is 9.18 Å². The Hall–Kier alpha value is -2.89. The number of hydrogen-bond acceptors (Lipinski definition) is 3. The van der Waals surface area contributed by atoms with Crippen molar-refractivity contribution < 1.29 is 9.18 Å². The Balaban J connectivity index is 1.60. The van der Waals surface area contributed by atoms with Crippen molar-refractivity contribution in [3.8, 4) is 0 Å². The van der Waals surface area contributed by atoms with Crippen LogP contribution in [-0.4, -0.2) is 35.9 Å². The number of hydrogen-bond donors (Lipinski definition) is 1. The van der Waals surface area contributed by atoms with Gasteiger partial charge in [-0.15, -0.1) is 0 Å². The Morgan fingerprint density at radius 3 is 2.88 bits per heavy atom. The van der Waals surface area contributed by atoms with Gasteiger partial charge in [-0.2, -0.15) is 0 Å². The molecule has 5 nitrogen and oxygen atoms in total. The van der Waals surface area contributed by atoms with Gasteiger partial charge in [-0.25, -0.2) is 9.37 Å². The molecule has 0 fully saturated rings. The number of aromatic nitrogens is 2. The fourth-order valence-corrected chi connectivity index (χ4v) is 2.47. The molecule has 0 aliphatic rings. The number of amides is 1. The molecule has 24 heavy (non-hydrogen) atoms. The fourth-order valence-electron chi connectivity index (χ4n) is 2.47. The van der Waals surface area contributed by atoms with Crippen LogP contribution in [0.3, 0.4) is 0 Å². The number of anilines is 1. The Labute approximate surface area is 139 Å². The molecule has 0 bridgehead atoms. The zero-order chi connectivity index (χ0) is 17.1. The molecule has 0 aliphatic carbocycles. The summed E-state index contributed by atoms with van der Waals surface area (Å²) < 4.78 is 14.8. The number of carbonyl (C=O) groups excluding carboxylic acids is 1. The molecular weight excluding hydrogens is 307 g/mol. The zero-order valence-corrected chi connectivity index (χ0v) is 13.7. The molecule has 3 rings (SSSR count). The van der Waals surface area contributed by atoms with E-state index in [-0.39, 0.29) is 11.7 Å². The summed E-state index contributed by atoms with van der Waals surface area (Å²) in [5.41, 5.74) is 3.10. The number of halogens is 1. The number of pyridine rings is 1. The lowest BCUT2D eigenvalue weighted by molar-refractivity contribution is 0.0954. The predicted molar refractivity (Wildman–Crippen MR) is 92.0 cm³/mol.